The van der Waals surface area contributed by atoms with E-state index in [2.05, 4.69) is 17.2 Å². The Labute approximate surface area is 125 Å². The molecule has 110 valence electrons. The molecule has 0 heterocycles. The van der Waals surface area contributed by atoms with Crippen LogP contribution in [0.3, 0.4) is 0 Å². The average molecular weight is 283 g/mol. The fraction of sp³-hybridized carbons (Fsp3) is 0.500. The fourth-order valence-electron chi connectivity index (χ4n) is 3.27. The van der Waals surface area contributed by atoms with Gasteiger partial charge in [-0.2, -0.15) is 0 Å². The molecule has 0 spiro atoms. The first-order valence-electron chi connectivity index (χ1n) is 7.73. The molecule has 2 fully saturated rings. The van der Waals surface area contributed by atoms with Gasteiger partial charge in [0.15, 0.2) is 0 Å². The third-order valence-electron chi connectivity index (χ3n) is 4.54. The van der Waals surface area contributed by atoms with Gasteiger partial charge >= 0.3 is 0 Å². The summed E-state index contributed by atoms with van der Waals surface area (Å²) in [4.78, 5) is 12.2. The number of carbonyl (C=O) groups is 1. The highest BCUT2D eigenvalue weighted by Crippen LogP contribution is 2.54. The predicted octanol–water partition coefficient (Wildman–Crippen LogP) is 2.08. The maximum absolute atomic E-state index is 12.2. The number of hydrogen-bond donors (Lipinski definition) is 2. The van der Waals surface area contributed by atoms with Crippen molar-refractivity contribution in [1.82, 2.24) is 5.32 Å². The topological polar surface area (TPSA) is 49.3 Å². The predicted molar refractivity (Wildman–Crippen MR) is 81.2 cm³/mol. The van der Waals surface area contributed by atoms with E-state index < -0.39 is 0 Å². The first-order valence-corrected chi connectivity index (χ1v) is 7.73. The smallest absolute Gasteiger partial charge is 0.223 e. The molecule has 1 aromatic carbocycles. The zero-order valence-electron chi connectivity index (χ0n) is 12.1. The van der Waals surface area contributed by atoms with Crippen LogP contribution in [0, 0.1) is 29.6 Å². The fourth-order valence-corrected chi connectivity index (χ4v) is 3.27. The van der Waals surface area contributed by atoms with Crippen LogP contribution in [0.25, 0.3) is 0 Å². The van der Waals surface area contributed by atoms with Crippen molar-refractivity contribution in [3.05, 3.63) is 35.4 Å². The highest BCUT2D eigenvalue weighted by Gasteiger charge is 2.47. The van der Waals surface area contributed by atoms with Crippen LogP contribution in [0.5, 0.6) is 0 Å². The van der Waals surface area contributed by atoms with E-state index in [0.29, 0.717) is 13.0 Å². The summed E-state index contributed by atoms with van der Waals surface area (Å²) < 4.78 is 0. The minimum atomic E-state index is 0.0793. The van der Waals surface area contributed by atoms with Gasteiger partial charge in [-0.3, -0.25) is 4.79 Å². The Morgan fingerprint density at radius 2 is 2.00 bits per heavy atom. The molecule has 21 heavy (non-hydrogen) atoms. The quantitative estimate of drug-likeness (QED) is 0.831. The maximum Gasteiger partial charge on any atom is 0.223 e. The Morgan fingerprint density at radius 3 is 2.76 bits per heavy atom. The van der Waals surface area contributed by atoms with Gasteiger partial charge in [0.05, 0.1) is 6.61 Å². The second-order valence-electron chi connectivity index (χ2n) is 6.07. The summed E-state index contributed by atoms with van der Waals surface area (Å²) in [6, 6.07) is 7.86. The Bertz CT molecular complexity index is 574. The van der Waals surface area contributed by atoms with Gasteiger partial charge in [0, 0.05) is 24.4 Å². The van der Waals surface area contributed by atoms with Crippen molar-refractivity contribution < 1.29 is 9.90 Å². The minimum Gasteiger partial charge on any atom is -0.395 e. The molecule has 0 aliphatic heterocycles. The van der Waals surface area contributed by atoms with E-state index in [9.17, 15) is 4.79 Å². The van der Waals surface area contributed by atoms with Gasteiger partial charge in [-0.25, -0.2) is 0 Å². The summed E-state index contributed by atoms with van der Waals surface area (Å²) >= 11 is 0. The standard InChI is InChI=1S/C18H21NO2/c20-8-4-3-6-13-5-1-2-7-14(13)12-19-18(21)17-10-15-9-16(15)11-17/h1-2,5,7,15-17,20H,4,8-12H2,(H,19,21). The summed E-state index contributed by atoms with van der Waals surface area (Å²) in [5, 5.41) is 11.8. The number of aliphatic hydroxyl groups excluding tert-OH is 1. The summed E-state index contributed by atoms with van der Waals surface area (Å²) in [6.45, 7) is 0.616. The summed E-state index contributed by atoms with van der Waals surface area (Å²) in [5.74, 6) is 8.07. The molecule has 1 amide bonds. The van der Waals surface area contributed by atoms with E-state index in [0.717, 1.165) is 35.8 Å². The largest absolute Gasteiger partial charge is 0.395 e. The van der Waals surface area contributed by atoms with Crippen LogP contribution in [0.2, 0.25) is 0 Å². The lowest BCUT2D eigenvalue weighted by atomic mass is 10.0. The summed E-state index contributed by atoms with van der Waals surface area (Å²) in [7, 11) is 0. The molecule has 2 aliphatic rings. The normalized spacial score (nSPS) is 25.7. The van der Waals surface area contributed by atoms with Gasteiger partial charge in [-0.05, 0) is 42.7 Å². The van der Waals surface area contributed by atoms with Crippen LogP contribution in [0.4, 0.5) is 0 Å². The lowest BCUT2D eigenvalue weighted by Crippen LogP contribution is -2.29. The van der Waals surface area contributed by atoms with Gasteiger partial charge in [0.25, 0.3) is 0 Å². The second kappa shape index (κ2) is 6.32. The van der Waals surface area contributed by atoms with Gasteiger partial charge in [-0.15, -0.1) is 0 Å². The van der Waals surface area contributed by atoms with Crippen molar-refractivity contribution in [3.63, 3.8) is 0 Å². The zero-order chi connectivity index (χ0) is 14.7. The lowest BCUT2D eigenvalue weighted by Gasteiger charge is -2.13. The van der Waals surface area contributed by atoms with Crippen LogP contribution >= 0.6 is 0 Å². The van der Waals surface area contributed by atoms with E-state index in [1.807, 2.05) is 24.3 Å². The molecule has 3 rings (SSSR count). The van der Waals surface area contributed by atoms with Crippen LogP contribution in [0.15, 0.2) is 24.3 Å². The van der Waals surface area contributed by atoms with Crippen molar-refractivity contribution in [2.24, 2.45) is 17.8 Å². The maximum atomic E-state index is 12.2. The summed E-state index contributed by atoms with van der Waals surface area (Å²) in [5.41, 5.74) is 1.97. The van der Waals surface area contributed by atoms with Gasteiger partial charge in [0.2, 0.25) is 5.91 Å². The number of benzene rings is 1. The first kappa shape index (κ1) is 14.2. The zero-order valence-corrected chi connectivity index (χ0v) is 12.1. The van der Waals surface area contributed by atoms with Crippen LogP contribution in [0.1, 0.15) is 36.8 Å². The molecule has 2 N–H and O–H groups in total. The molecule has 3 heteroatoms. The molecule has 2 atom stereocenters. The summed E-state index contributed by atoms with van der Waals surface area (Å²) in [6.07, 6.45) is 3.97. The third kappa shape index (κ3) is 3.46. The highest BCUT2D eigenvalue weighted by atomic mass is 16.2. The molecular weight excluding hydrogens is 262 g/mol. The van der Waals surface area contributed by atoms with Crippen LogP contribution in [-0.4, -0.2) is 17.6 Å². The first-order chi connectivity index (χ1) is 10.3. The Kier molecular flexibility index (Phi) is 4.26. The van der Waals surface area contributed by atoms with Gasteiger partial charge in [0.1, 0.15) is 0 Å². The van der Waals surface area contributed by atoms with E-state index in [1.54, 1.807) is 0 Å². The Morgan fingerprint density at radius 1 is 1.24 bits per heavy atom. The molecular formula is C18H21NO2. The molecule has 2 aliphatic carbocycles. The van der Waals surface area contributed by atoms with Crippen LogP contribution in [-0.2, 0) is 11.3 Å². The van der Waals surface area contributed by atoms with Crippen molar-refractivity contribution in [3.8, 4) is 11.8 Å². The molecule has 2 saturated carbocycles. The number of nitrogens with one attached hydrogen (secondary N) is 1. The molecule has 0 aromatic heterocycles. The monoisotopic (exact) mass is 283 g/mol. The van der Waals surface area contributed by atoms with E-state index in [4.69, 9.17) is 5.11 Å². The highest BCUT2D eigenvalue weighted by molar-refractivity contribution is 5.79. The van der Waals surface area contributed by atoms with Crippen molar-refractivity contribution in [2.45, 2.75) is 32.2 Å². The average Bonchev–Trinajstić information content (AvgIpc) is 3.12. The number of fused-ring (bicyclic) bond motifs is 1. The SMILES string of the molecule is O=C(NCc1ccccc1C#CCCO)C1CC2CC2C1. The number of rotatable bonds is 4. The van der Waals surface area contributed by atoms with Crippen LogP contribution < -0.4 is 5.32 Å². The van der Waals surface area contributed by atoms with Crippen molar-refractivity contribution in [2.75, 3.05) is 6.61 Å². The van der Waals surface area contributed by atoms with Gasteiger partial charge in [-0.1, -0.05) is 30.0 Å². The van der Waals surface area contributed by atoms with Crippen molar-refractivity contribution in [1.29, 1.82) is 0 Å². The Balaban J connectivity index is 1.57. The molecule has 0 radical (unpaired) electrons. The molecule has 0 bridgehead atoms. The van der Waals surface area contributed by atoms with Gasteiger partial charge < -0.3 is 10.4 Å². The van der Waals surface area contributed by atoms with E-state index in [1.165, 1.54) is 6.42 Å². The Hall–Kier alpha value is -1.79. The van der Waals surface area contributed by atoms with E-state index in [-0.39, 0.29) is 18.4 Å². The lowest BCUT2D eigenvalue weighted by molar-refractivity contribution is -0.125. The minimum absolute atomic E-state index is 0.0793. The number of hydrogen-bond acceptors (Lipinski definition) is 2. The second-order valence-corrected chi connectivity index (χ2v) is 6.07. The molecule has 3 nitrogen and oxygen atoms in total. The van der Waals surface area contributed by atoms with E-state index >= 15 is 0 Å². The van der Waals surface area contributed by atoms with Crippen molar-refractivity contribution >= 4 is 5.91 Å². The molecule has 0 saturated heterocycles. The number of amides is 1. The molecule has 2 unspecified atom stereocenters. The number of aliphatic hydroxyl groups is 1. The molecule has 1 aromatic rings. The third-order valence-corrected chi connectivity index (χ3v) is 4.54. The number of carbonyl (C=O) groups excluding carboxylic acids is 1.